The zero-order valence-corrected chi connectivity index (χ0v) is 16.5. The lowest BCUT2D eigenvalue weighted by molar-refractivity contribution is 0.238. The van der Waals surface area contributed by atoms with Gasteiger partial charge in [-0.1, -0.05) is 23.8 Å². The van der Waals surface area contributed by atoms with Crippen LogP contribution in [0.4, 0.5) is 4.39 Å². The Bertz CT molecular complexity index is 1290. The van der Waals surface area contributed by atoms with Crippen molar-refractivity contribution in [3.63, 3.8) is 0 Å². The number of fused-ring (bicyclic) bond motifs is 3. The molecule has 0 saturated heterocycles. The molecule has 0 amide bonds. The highest BCUT2D eigenvalue weighted by Crippen LogP contribution is 2.30. The molecule has 2 heterocycles. The lowest BCUT2D eigenvalue weighted by Gasteiger charge is -2.21. The third-order valence-electron chi connectivity index (χ3n) is 5.62. The highest BCUT2D eigenvalue weighted by molar-refractivity contribution is 5.81. The molecule has 0 atom stereocenters. The lowest BCUT2D eigenvalue weighted by atomic mass is 10.1. The average Bonchev–Trinajstić information content (AvgIpc) is 3.46. The standard InChI is InChI=1S/C22H22FN5O/c1-14-6-9-19-18(10-14)21(29)26(2)22-25-24-20(28(19)22)13-27(17-7-8-17)12-15-4-3-5-16(23)11-15/h3-6,9-11,17H,7-8,12-13H2,1-2H3. The Kier molecular flexibility index (Phi) is 4.20. The Labute approximate surface area is 167 Å². The van der Waals surface area contributed by atoms with E-state index in [0.29, 0.717) is 30.3 Å². The van der Waals surface area contributed by atoms with Gasteiger partial charge in [0.15, 0.2) is 5.82 Å². The molecule has 0 radical (unpaired) electrons. The number of hydrogen-bond acceptors (Lipinski definition) is 4. The fourth-order valence-electron chi connectivity index (χ4n) is 3.97. The lowest BCUT2D eigenvalue weighted by Crippen LogP contribution is -2.27. The van der Waals surface area contributed by atoms with Crippen molar-refractivity contribution in [2.24, 2.45) is 7.05 Å². The molecule has 148 valence electrons. The van der Waals surface area contributed by atoms with E-state index in [9.17, 15) is 9.18 Å². The van der Waals surface area contributed by atoms with Gasteiger partial charge in [0.1, 0.15) is 5.82 Å². The van der Waals surface area contributed by atoms with Gasteiger partial charge in [-0.05, 0) is 49.6 Å². The van der Waals surface area contributed by atoms with Gasteiger partial charge in [-0.25, -0.2) is 4.39 Å². The topological polar surface area (TPSA) is 55.4 Å². The van der Waals surface area contributed by atoms with Gasteiger partial charge in [0.05, 0.1) is 17.4 Å². The number of nitrogens with zero attached hydrogens (tertiary/aromatic N) is 5. The monoisotopic (exact) mass is 391 g/mol. The zero-order chi connectivity index (χ0) is 20.1. The Balaban J connectivity index is 1.59. The van der Waals surface area contributed by atoms with Gasteiger partial charge in [0.2, 0.25) is 5.78 Å². The fraction of sp³-hybridized carbons (Fsp3) is 0.318. The zero-order valence-electron chi connectivity index (χ0n) is 16.5. The Morgan fingerprint density at radius 3 is 2.72 bits per heavy atom. The van der Waals surface area contributed by atoms with E-state index in [0.717, 1.165) is 35.3 Å². The van der Waals surface area contributed by atoms with Crippen LogP contribution in [0.15, 0.2) is 47.3 Å². The number of benzene rings is 2. The first-order valence-electron chi connectivity index (χ1n) is 9.83. The first kappa shape index (κ1) is 18.0. The van der Waals surface area contributed by atoms with Crippen LogP contribution < -0.4 is 5.56 Å². The summed E-state index contributed by atoms with van der Waals surface area (Å²) in [6.45, 7) is 3.22. The van der Waals surface area contributed by atoms with Gasteiger partial charge in [0, 0.05) is 19.6 Å². The van der Waals surface area contributed by atoms with Crippen LogP contribution in [0.2, 0.25) is 0 Å². The summed E-state index contributed by atoms with van der Waals surface area (Å²) in [4.78, 5) is 15.1. The van der Waals surface area contributed by atoms with Crippen molar-refractivity contribution < 1.29 is 4.39 Å². The van der Waals surface area contributed by atoms with E-state index in [1.165, 1.54) is 6.07 Å². The highest BCUT2D eigenvalue weighted by Gasteiger charge is 2.30. The van der Waals surface area contributed by atoms with Gasteiger partial charge in [0.25, 0.3) is 5.56 Å². The molecule has 7 heteroatoms. The summed E-state index contributed by atoms with van der Waals surface area (Å²) in [5, 5.41) is 9.37. The third kappa shape index (κ3) is 3.21. The van der Waals surface area contributed by atoms with Crippen molar-refractivity contribution in [1.29, 1.82) is 0 Å². The fourth-order valence-corrected chi connectivity index (χ4v) is 3.97. The van der Waals surface area contributed by atoms with E-state index in [4.69, 9.17) is 0 Å². The molecule has 1 aliphatic rings. The van der Waals surface area contributed by atoms with E-state index in [1.807, 2.05) is 35.6 Å². The number of hydrogen-bond donors (Lipinski definition) is 0. The molecule has 1 aliphatic carbocycles. The minimum atomic E-state index is -0.220. The number of halogens is 1. The molecule has 5 rings (SSSR count). The number of aryl methyl sites for hydroxylation is 2. The van der Waals surface area contributed by atoms with E-state index in [-0.39, 0.29) is 11.4 Å². The van der Waals surface area contributed by atoms with Gasteiger partial charge in [-0.2, -0.15) is 0 Å². The van der Waals surface area contributed by atoms with E-state index >= 15 is 0 Å². The molecule has 2 aromatic carbocycles. The maximum atomic E-state index is 13.6. The third-order valence-corrected chi connectivity index (χ3v) is 5.62. The Morgan fingerprint density at radius 2 is 1.97 bits per heavy atom. The molecule has 4 aromatic rings. The normalized spacial score (nSPS) is 14.3. The van der Waals surface area contributed by atoms with Crippen LogP contribution in [0, 0.1) is 12.7 Å². The Morgan fingerprint density at radius 1 is 1.14 bits per heavy atom. The summed E-state index contributed by atoms with van der Waals surface area (Å²) in [5.74, 6) is 1.10. The summed E-state index contributed by atoms with van der Waals surface area (Å²) < 4.78 is 17.1. The van der Waals surface area contributed by atoms with Crippen LogP contribution >= 0.6 is 0 Å². The molecular weight excluding hydrogens is 369 g/mol. The quantitative estimate of drug-likeness (QED) is 0.524. The predicted molar refractivity (Wildman–Crippen MR) is 109 cm³/mol. The van der Waals surface area contributed by atoms with Crippen molar-refractivity contribution in [2.75, 3.05) is 0 Å². The first-order chi connectivity index (χ1) is 14.0. The molecule has 0 aliphatic heterocycles. The van der Waals surface area contributed by atoms with Crippen molar-refractivity contribution >= 4 is 16.7 Å². The second-order valence-electron chi connectivity index (χ2n) is 7.90. The van der Waals surface area contributed by atoms with Crippen LogP contribution in [0.3, 0.4) is 0 Å². The van der Waals surface area contributed by atoms with Crippen LogP contribution in [0.1, 0.15) is 29.8 Å². The summed E-state index contributed by atoms with van der Waals surface area (Å²) in [6, 6.07) is 13.1. The SMILES string of the molecule is Cc1ccc2c(c1)c(=O)n(C)c1nnc(CN(Cc3cccc(F)c3)C3CC3)n21. The molecule has 0 bridgehead atoms. The molecule has 0 N–H and O–H groups in total. The average molecular weight is 391 g/mol. The van der Waals surface area contributed by atoms with Gasteiger partial charge in [-0.3, -0.25) is 18.7 Å². The van der Waals surface area contributed by atoms with Gasteiger partial charge in [-0.15, -0.1) is 10.2 Å². The molecule has 29 heavy (non-hydrogen) atoms. The minimum absolute atomic E-state index is 0.0750. The second-order valence-corrected chi connectivity index (χ2v) is 7.90. The molecule has 0 unspecified atom stereocenters. The molecule has 1 fully saturated rings. The van der Waals surface area contributed by atoms with Crippen molar-refractivity contribution in [3.05, 3.63) is 75.6 Å². The second kappa shape index (κ2) is 6.77. The van der Waals surface area contributed by atoms with E-state index in [1.54, 1.807) is 23.7 Å². The smallest absolute Gasteiger partial charge is 0.262 e. The van der Waals surface area contributed by atoms with Crippen molar-refractivity contribution in [3.8, 4) is 0 Å². The molecular formula is C22H22FN5O. The number of aromatic nitrogens is 4. The van der Waals surface area contributed by atoms with E-state index in [2.05, 4.69) is 15.1 Å². The summed E-state index contributed by atoms with van der Waals surface area (Å²) >= 11 is 0. The first-order valence-corrected chi connectivity index (χ1v) is 9.83. The summed E-state index contributed by atoms with van der Waals surface area (Å²) in [7, 11) is 1.73. The van der Waals surface area contributed by atoms with E-state index < -0.39 is 0 Å². The summed E-state index contributed by atoms with van der Waals surface area (Å²) in [6.07, 6.45) is 2.26. The predicted octanol–water partition coefficient (Wildman–Crippen LogP) is 3.19. The van der Waals surface area contributed by atoms with Gasteiger partial charge < -0.3 is 0 Å². The molecule has 2 aromatic heterocycles. The molecule has 1 saturated carbocycles. The summed E-state index contributed by atoms with van der Waals surface area (Å²) in [5.41, 5.74) is 2.72. The Hall–Kier alpha value is -3.06. The maximum absolute atomic E-state index is 13.6. The highest BCUT2D eigenvalue weighted by atomic mass is 19.1. The van der Waals surface area contributed by atoms with Gasteiger partial charge >= 0.3 is 0 Å². The van der Waals surface area contributed by atoms with Crippen LogP contribution in [0.5, 0.6) is 0 Å². The minimum Gasteiger partial charge on any atom is -0.289 e. The van der Waals surface area contributed by atoms with Crippen LogP contribution in [0.25, 0.3) is 16.7 Å². The van der Waals surface area contributed by atoms with Crippen LogP contribution in [-0.4, -0.2) is 30.1 Å². The molecule has 0 spiro atoms. The number of rotatable bonds is 5. The largest absolute Gasteiger partial charge is 0.289 e. The molecule has 6 nitrogen and oxygen atoms in total. The van der Waals surface area contributed by atoms with Crippen LogP contribution in [-0.2, 0) is 20.1 Å². The van der Waals surface area contributed by atoms with Crippen molar-refractivity contribution in [1.82, 2.24) is 24.1 Å². The van der Waals surface area contributed by atoms with Crippen molar-refractivity contribution in [2.45, 2.75) is 38.9 Å². The maximum Gasteiger partial charge on any atom is 0.262 e.